The van der Waals surface area contributed by atoms with E-state index in [1.807, 2.05) is 58.9 Å². The van der Waals surface area contributed by atoms with Crippen molar-refractivity contribution in [1.82, 2.24) is 10.2 Å². The minimum absolute atomic E-state index is 0.0137. The summed E-state index contributed by atoms with van der Waals surface area (Å²) in [5, 5.41) is 3.37. The zero-order valence-electron chi connectivity index (χ0n) is 24.8. The molecule has 8 nitrogen and oxygen atoms in total. The van der Waals surface area contributed by atoms with Crippen LogP contribution in [0.25, 0.3) is 0 Å². The quantitative estimate of drug-likeness (QED) is 0.242. The van der Waals surface area contributed by atoms with Gasteiger partial charge in [0.25, 0.3) is 10.0 Å². The number of benzene rings is 3. The molecule has 0 spiro atoms. The highest BCUT2D eigenvalue weighted by molar-refractivity contribution is 7.92. The summed E-state index contributed by atoms with van der Waals surface area (Å²) in [6, 6.07) is 19.1. The van der Waals surface area contributed by atoms with Crippen LogP contribution in [0.2, 0.25) is 5.02 Å². The van der Waals surface area contributed by atoms with E-state index in [0.29, 0.717) is 23.8 Å². The number of rotatable bonds is 14. The van der Waals surface area contributed by atoms with Gasteiger partial charge in [-0.05, 0) is 87.7 Å². The van der Waals surface area contributed by atoms with Crippen LogP contribution in [0.15, 0.2) is 77.7 Å². The van der Waals surface area contributed by atoms with Gasteiger partial charge in [0.1, 0.15) is 18.3 Å². The van der Waals surface area contributed by atoms with E-state index in [1.165, 1.54) is 29.2 Å². The van der Waals surface area contributed by atoms with Crippen molar-refractivity contribution in [3.8, 4) is 5.75 Å². The molecule has 0 aromatic heterocycles. The Kier molecular flexibility index (Phi) is 11.8. The Morgan fingerprint density at radius 1 is 0.905 bits per heavy atom. The van der Waals surface area contributed by atoms with Gasteiger partial charge in [0.05, 0.1) is 17.2 Å². The van der Waals surface area contributed by atoms with Gasteiger partial charge in [-0.15, -0.1) is 0 Å². The molecule has 226 valence electrons. The lowest BCUT2D eigenvalue weighted by atomic mass is 10.1. The second-order valence-electron chi connectivity index (χ2n) is 10.1. The summed E-state index contributed by atoms with van der Waals surface area (Å²) in [5.74, 6) is -0.209. The van der Waals surface area contributed by atoms with E-state index in [2.05, 4.69) is 5.32 Å². The topological polar surface area (TPSA) is 96.0 Å². The Bertz CT molecular complexity index is 1430. The number of carbonyl (C=O) groups excluding carboxylic acids is 2. The van der Waals surface area contributed by atoms with Crippen molar-refractivity contribution in [2.45, 2.75) is 71.0 Å². The van der Waals surface area contributed by atoms with E-state index >= 15 is 0 Å². The number of nitrogens with zero attached hydrogens (tertiary/aromatic N) is 2. The zero-order chi connectivity index (χ0) is 30.9. The third-order valence-corrected chi connectivity index (χ3v) is 9.02. The number of anilines is 1. The first-order valence-electron chi connectivity index (χ1n) is 14.2. The van der Waals surface area contributed by atoms with E-state index < -0.39 is 28.5 Å². The van der Waals surface area contributed by atoms with Gasteiger partial charge in [-0.1, -0.05) is 55.3 Å². The van der Waals surface area contributed by atoms with Gasteiger partial charge in [-0.3, -0.25) is 13.9 Å². The lowest BCUT2D eigenvalue weighted by molar-refractivity contribution is -0.140. The zero-order valence-corrected chi connectivity index (χ0v) is 26.4. The Morgan fingerprint density at radius 3 is 2.07 bits per heavy atom. The van der Waals surface area contributed by atoms with Crippen molar-refractivity contribution in [3.05, 3.63) is 88.9 Å². The van der Waals surface area contributed by atoms with Crippen LogP contribution in [0.3, 0.4) is 0 Å². The SMILES string of the molecule is CCOc1ccc(N(CC(=O)N(Cc2ccc(C)cc2)C(CC)C(=O)NC(C)CC)S(=O)(=O)c2ccc(Cl)cc2)cc1. The molecule has 0 aliphatic heterocycles. The molecule has 0 heterocycles. The van der Waals surface area contributed by atoms with Crippen LogP contribution in [0, 0.1) is 6.92 Å². The van der Waals surface area contributed by atoms with Crippen molar-refractivity contribution in [2.75, 3.05) is 17.5 Å². The van der Waals surface area contributed by atoms with Crippen LogP contribution in [0.5, 0.6) is 5.75 Å². The van der Waals surface area contributed by atoms with Crippen LogP contribution in [0.1, 0.15) is 51.7 Å². The number of sulfonamides is 1. The van der Waals surface area contributed by atoms with E-state index in [-0.39, 0.29) is 29.1 Å². The fraction of sp³-hybridized carbons (Fsp3) is 0.375. The molecule has 2 unspecified atom stereocenters. The Balaban J connectivity index is 2.05. The number of nitrogens with one attached hydrogen (secondary N) is 1. The van der Waals surface area contributed by atoms with E-state index in [1.54, 1.807) is 24.3 Å². The monoisotopic (exact) mass is 613 g/mol. The van der Waals surface area contributed by atoms with Crippen molar-refractivity contribution < 1.29 is 22.7 Å². The van der Waals surface area contributed by atoms with Crippen molar-refractivity contribution >= 4 is 39.1 Å². The predicted molar refractivity (Wildman–Crippen MR) is 167 cm³/mol. The van der Waals surface area contributed by atoms with Gasteiger partial charge in [0, 0.05) is 17.6 Å². The Morgan fingerprint density at radius 2 is 1.52 bits per heavy atom. The molecule has 0 saturated carbocycles. The van der Waals surface area contributed by atoms with E-state index in [4.69, 9.17) is 16.3 Å². The smallest absolute Gasteiger partial charge is 0.264 e. The fourth-order valence-electron chi connectivity index (χ4n) is 4.39. The molecule has 3 rings (SSSR count). The van der Waals surface area contributed by atoms with Gasteiger partial charge in [-0.25, -0.2) is 8.42 Å². The van der Waals surface area contributed by atoms with Crippen LogP contribution in [-0.2, 0) is 26.2 Å². The molecule has 0 fully saturated rings. The van der Waals surface area contributed by atoms with Crippen molar-refractivity contribution in [2.24, 2.45) is 0 Å². The van der Waals surface area contributed by atoms with Crippen LogP contribution < -0.4 is 14.4 Å². The first kappa shape index (κ1) is 32.9. The average molecular weight is 614 g/mol. The summed E-state index contributed by atoms with van der Waals surface area (Å²) in [6.45, 7) is 9.62. The molecule has 0 aliphatic rings. The van der Waals surface area contributed by atoms with Gasteiger partial charge in [-0.2, -0.15) is 0 Å². The summed E-state index contributed by atoms with van der Waals surface area (Å²) in [4.78, 5) is 29.0. The molecule has 0 radical (unpaired) electrons. The maximum absolute atomic E-state index is 14.2. The van der Waals surface area contributed by atoms with Crippen molar-refractivity contribution in [3.63, 3.8) is 0 Å². The highest BCUT2D eigenvalue weighted by Gasteiger charge is 2.34. The maximum atomic E-state index is 14.2. The number of halogens is 1. The fourth-order valence-corrected chi connectivity index (χ4v) is 5.93. The number of ether oxygens (including phenoxy) is 1. The molecule has 3 aromatic carbocycles. The lowest BCUT2D eigenvalue weighted by Crippen LogP contribution is -2.53. The Labute approximate surface area is 254 Å². The number of amides is 2. The molecule has 10 heteroatoms. The lowest BCUT2D eigenvalue weighted by Gasteiger charge is -2.33. The summed E-state index contributed by atoms with van der Waals surface area (Å²) in [7, 11) is -4.19. The van der Waals surface area contributed by atoms with Gasteiger partial charge in [0.2, 0.25) is 11.8 Å². The largest absolute Gasteiger partial charge is 0.494 e. The van der Waals surface area contributed by atoms with Crippen LogP contribution in [0.4, 0.5) is 5.69 Å². The predicted octanol–water partition coefficient (Wildman–Crippen LogP) is 5.96. The molecule has 1 N–H and O–H groups in total. The van der Waals surface area contributed by atoms with E-state index in [9.17, 15) is 18.0 Å². The summed E-state index contributed by atoms with van der Waals surface area (Å²) in [6.07, 6.45) is 1.09. The summed E-state index contributed by atoms with van der Waals surface area (Å²) < 4.78 is 34.5. The van der Waals surface area contributed by atoms with Crippen LogP contribution >= 0.6 is 11.6 Å². The minimum atomic E-state index is -4.19. The maximum Gasteiger partial charge on any atom is 0.264 e. The highest BCUT2D eigenvalue weighted by Crippen LogP contribution is 2.27. The van der Waals surface area contributed by atoms with Gasteiger partial charge < -0.3 is 15.0 Å². The number of hydrogen-bond acceptors (Lipinski definition) is 5. The van der Waals surface area contributed by atoms with Crippen LogP contribution in [-0.4, -0.2) is 50.4 Å². The second-order valence-corrected chi connectivity index (χ2v) is 12.4. The minimum Gasteiger partial charge on any atom is -0.494 e. The first-order valence-corrected chi connectivity index (χ1v) is 16.0. The number of hydrogen-bond donors (Lipinski definition) is 1. The standard InChI is InChI=1S/C32H40ClN3O5S/c1-6-24(5)34-32(38)30(7-2)35(21-25-11-9-23(4)10-12-25)31(37)22-36(27-15-17-28(18-16-27)41-8-3)42(39,40)29-19-13-26(33)14-20-29/h9-20,24,30H,6-8,21-22H2,1-5H3,(H,34,38). The molecular weight excluding hydrogens is 574 g/mol. The van der Waals surface area contributed by atoms with Gasteiger partial charge in [0.15, 0.2) is 0 Å². The normalized spacial score (nSPS) is 12.7. The first-order chi connectivity index (χ1) is 20.0. The molecule has 2 amide bonds. The highest BCUT2D eigenvalue weighted by atomic mass is 35.5. The molecular formula is C32H40ClN3O5S. The molecule has 0 bridgehead atoms. The third-order valence-electron chi connectivity index (χ3n) is 6.98. The molecule has 0 aliphatic carbocycles. The number of carbonyl (C=O) groups is 2. The third kappa shape index (κ3) is 8.49. The molecule has 0 saturated heterocycles. The van der Waals surface area contributed by atoms with Gasteiger partial charge >= 0.3 is 0 Å². The van der Waals surface area contributed by atoms with Crippen molar-refractivity contribution in [1.29, 1.82) is 0 Å². The summed E-state index contributed by atoms with van der Waals surface area (Å²) in [5.41, 5.74) is 2.18. The molecule has 3 aromatic rings. The second kappa shape index (κ2) is 15.1. The number of aryl methyl sites for hydroxylation is 1. The van der Waals surface area contributed by atoms with E-state index in [0.717, 1.165) is 21.9 Å². The Hall–Kier alpha value is -3.56. The average Bonchev–Trinajstić information content (AvgIpc) is 2.97. The molecule has 2 atom stereocenters. The summed E-state index contributed by atoms with van der Waals surface area (Å²) >= 11 is 6.02. The molecule has 42 heavy (non-hydrogen) atoms.